The molecular weight excluding hydrogens is 180 g/mol. The highest BCUT2D eigenvalue weighted by Gasteiger charge is 2.30. The maximum Gasteiger partial charge on any atom is 0.217 e. The lowest BCUT2D eigenvalue weighted by Crippen LogP contribution is -2.43. The molecule has 76 valence electrons. The van der Waals surface area contributed by atoms with Crippen molar-refractivity contribution in [1.29, 1.82) is 0 Å². The minimum atomic E-state index is 0.0404. The average Bonchev–Trinajstić information content (AvgIpc) is 2.42. The van der Waals surface area contributed by atoms with Crippen molar-refractivity contribution in [3.8, 4) is 0 Å². The number of nitrogen functional groups attached to an aromatic ring is 1. The largest absolute Gasteiger partial charge is 0.382 e. The summed E-state index contributed by atoms with van der Waals surface area (Å²) < 4.78 is 2.01. The van der Waals surface area contributed by atoms with Crippen LogP contribution in [0.4, 0.5) is 5.82 Å². The van der Waals surface area contributed by atoms with Gasteiger partial charge in [0.2, 0.25) is 5.91 Å². The summed E-state index contributed by atoms with van der Waals surface area (Å²) in [6.07, 6.45) is 5.50. The van der Waals surface area contributed by atoms with Gasteiger partial charge in [0.15, 0.2) is 0 Å². The van der Waals surface area contributed by atoms with Crippen LogP contribution in [0.15, 0.2) is 12.5 Å². The van der Waals surface area contributed by atoms with E-state index in [-0.39, 0.29) is 5.91 Å². The van der Waals surface area contributed by atoms with E-state index in [1.807, 2.05) is 10.8 Å². The number of nitrogens with zero attached hydrogens (tertiary/aromatic N) is 2. The standard InChI is InChI=1S/C9H14N4O/c1-6(14)12-7-2-8(3-7)13-4-9(10)11-5-13/h4-5,7-8H,2-3,10H2,1H3,(H,12,14). The van der Waals surface area contributed by atoms with Crippen molar-refractivity contribution < 1.29 is 4.79 Å². The number of anilines is 1. The molecule has 1 amide bonds. The number of carbonyl (C=O) groups is 1. The molecule has 0 radical (unpaired) electrons. The summed E-state index contributed by atoms with van der Waals surface area (Å²) in [5.41, 5.74) is 5.51. The van der Waals surface area contributed by atoms with Gasteiger partial charge in [-0.25, -0.2) is 4.98 Å². The average molecular weight is 194 g/mol. The summed E-state index contributed by atoms with van der Waals surface area (Å²) in [6, 6.07) is 0.762. The Kier molecular flexibility index (Phi) is 2.15. The second-order valence-corrected chi connectivity index (χ2v) is 3.77. The fraction of sp³-hybridized carbons (Fsp3) is 0.556. The predicted molar refractivity (Wildman–Crippen MR) is 52.5 cm³/mol. The number of nitrogens with two attached hydrogens (primary N) is 1. The van der Waals surface area contributed by atoms with Crippen molar-refractivity contribution in [2.24, 2.45) is 0 Å². The normalized spacial score (nSPS) is 25.5. The van der Waals surface area contributed by atoms with Crippen LogP contribution in [0.1, 0.15) is 25.8 Å². The molecule has 0 spiro atoms. The van der Waals surface area contributed by atoms with Gasteiger partial charge < -0.3 is 15.6 Å². The molecule has 1 aliphatic rings. The predicted octanol–water partition coefficient (Wildman–Crippen LogP) is 0.305. The fourth-order valence-corrected chi connectivity index (χ4v) is 1.79. The number of aromatic nitrogens is 2. The first kappa shape index (κ1) is 9.05. The van der Waals surface area contributed by atoms with Crippen LogP contribution in [0.3, 0.4) is 0 Å². The van der Waals surface area contributed by atoms with Gasteiger partial charge in [-0.05, 0) is 12.8 Å². The number of rotatable bonds is 2. The molecule has 3 N–H and O–H groups in total. The Morgan fingerprint density at radius 1 is 1.71 bits per heavy atom. The molecular formula is C9H14N4O. The molecule has 1 aliphatic carbocycles. The quantitative estimate of drug-likeness (QED) is 0.711. The lowest BCUT2D eigenvalue weighted by Gasteiger charge is -2.36. The van der Waals surface area contributed by atoms with Gasteiger partial charge in [0.25, 0.3) is 0 Å². The molecule has 0 bridgehead atoms. The van der Waals surface area contributed by atoms with E-state index in [0.717, 1.165) is 12.8 Å². The van der Waals surface area contributed by atoms with Crippen molar-refractivity contribution >= 4 is 11.7 Å². The highest BCUT2D eigenvalue weighted by atomic mass is 16.1. The molecule has 1 fully saturated rings. The number of hydrogen-bond acceptors (Lipinski definition) is 3. The molecule has 1 aromatic rings. The van der Waals surface area contributed by atoms with Crippen LogP contribution >= 0.6 is 0 Å². The number of carbonyl (C=O) groups excluding carboxylic acids is 1. The summed E-state index contributed by atoms with van der Waals surface area (Å²) in [5.74, 6) is 0.589. The Balaban J connectivity index is 1.86. The lowest BCUT2D eigenvalue weighted by atomic mass is 9.86. The van der Waals surface area contributed by atoms with Crippen LogP contribution in [0, 0.1) is 0 Å². The minimum Gasteiger partial charge on any atom is -0.382 e. The summed E-state index contributed by atoms with van der Waals surface area (Å²) in [5, 5.41) is 2.88. The summed E-state index contributed by atoms with van der Waals surface area (Å²) in [6.45, 7) is 1.54. The minimum absolute atomic E-state index is 0.0404. The van der Waals surface area contributed by atoms with Gasteiger partial charge in [-0.1, -0.05) is 0 Å². The van der Waals surface area contributed by atoms with Gasteiger partial charge in [0.05, 0.1) is 6.33 Å². The highest BCUT2D eigenvalue weighted by molar-refractivity contribution is 5.73. The van der Waals surface area contributed by atoms with Gasteiger partial charge in [0, 0.05) is 25.2 Å². The molecule has 1 heterocycles. The van der Waals surface area contributed by atoms with Crippen molar-refractivity contribution in [2.75, 3.05) is 5.73 Å². The van der Waals surface area contributed by atoms with E-state index in [4.69, 9.17) is 5.73 Å². The number of amides is 1. The number of nitrogens with one attached hydrogen (secondary N) is 1. The van der Waals surface area contributed by atoms with Crippen LogP contribution in [0.5, 0.6) is 0 Å². The molecule has 0 atom stereocenters. The monoisotopic (exact) mass is 194 g/mol. The summed E-state index contributed by atoms with van der Waals surface area (Å²) in [7, 11) is 0. The van der Waals surface area contributed by atoms with Crippen LogP contribution in [-0.2, 0) is 4.79 Å². The molecule has 0 aliphatic heterocycles. The topological polar surface area (TPSA) is 72.9 Å². The number of hydrogen-bond donors (Lipinski definition) is 2. The van der Waals surface area contributed by atoms with Crippen molar-refractivity contribution in [3.63, 3.8) is 0 Å². The molecule has 0 aromatic carbocycles. The Hall–Kier alpha value is -1.52. The highest BCUT2D eigenvalue weighted by Crippen LogP contribution is 2.32. The first-order valence-electron chi connectivity index (χ1n) is 4.71. The first-order valence-corrected chi connectivity index (χ1v) is 4.71. The molecule has 0 saturated heterocycles. The van der Waals surface area contributed by atoms with E-state index in [1.54, 1.807) is 13.3 Å². The number of imidazole rings is 1. The third kappa shape index (κ3) is 1.71. The summed E-state index contributed by atoms with van der Waals surface area (Å²) in [4.78, 5) is 14.7. The Morgan fingerprint density at radius 2 is 2.43 bits per heavy atom. The molecule has 0 unspecified atom stereocenters. The van der Waals surface area contributed by atoms with Crippen molar-refractivity contribution in [3.05, 3.63) is 12.5 Å². The molecule has 2 rings (SSSR count). The molecule has 1 aromatic heterocycles. The third-order valence-electron chi connectivity index (χ3n) is 2.56. The zero-order chi connectivity index (χ0) is 10.1. The van der Waals surface area contributed by atoms with Crippen molar-refractivity contribution in [1.82, 2.24) is 14.9 Å². The smallest absolute Gasteiger partial charge is 0.217 e. The molecule has 5 heteroatoms. The van der Waals surface area contributed by atoms with Crippen LogP contribution in [-0.4, -0.2) is 21.5 Å². The first-order chi connectivity index (χ1) is 6.65. The Bertz CT molecular complexity index is 340. The van der Waals surface area contributed by atoms with Gasteiger partial charge in [-0.15, -0.1) is 0 Å². The van der Waals surface area contributed by atoms with E-state index in [9.17, 15) is 4.79 Å². The summed E-state index contributed by atoms with van der Waals surface area (Å²) >= 11 is 0. The van der Waals surface area contributed by atoms with E-state index in [2.05, 4.69) is 10.3 Å². The second kappa shape index (κ2) is 3.32. The van der Waals surface area contributed by atoms with Crippen LogP contribution in [0.25, 0.3) is 0 Å². The van der Waals surface area contributed by atoms with E-state index in [1.165, 1.54) is 0 Å². The molecule has 1 saturated carbocycles. The maximum atomic E-state index is 10.7. The Labute approximate surface area is 82.3 Å². The van der Waals surface area contributed by atoms with Crippen LogP contribution in [0.2, 0.25) is 0 Å². The maximum absolute atomic E-state index is 10.7. The van der Waals surface area contributed by atoms with Gasteiger partial charge >= 0.3 is 0 Å². The molecule has 5 nitrogen and oxygen atoms in total. The lowest BCUT2D eigenvalue weighted by molar-refractivity contribution is -0.120. The third-order valence-corrected chi connectivity index (χ3v) is 2.56. The van der Waals surface area contributed by atoms with Gasteiger partial charge in [-0.3, -0.25) is 4.79 Å². The van der Waals surface area contributed by atoms with E-state index >= 15 is 0 Å². The Morgan fingerprint density at radius 3 is 2.93 bits per heavy atom. The van der Waals surface area contributed by atoms with Crippen molar-refractivity contribution in [2.45, 2.75) is 31.8 Å². The van der Waals surface area contributed by atoms with Gasteiger partial charge in [0.1, 0.15) is 5.82 Å². The zero-order valence-electron chi connectivity index (χ0n) is 8.10. The van der Waals surface area contributed by atoms with E-state index in [0.29, 0.717) is 17.9 Å². The fourth-order valence-electron chi connectivity index (χ4n) is 1.79. The zero-order valence-corrected chi connectivity index (χ0v) is 8.10. The SMILES string of the molecule is CC(=O)NC1CC(n2cnc(N)c2)C1. The molecule has 14 heavy (non-hydrogen) atoms. The van der Waals surface area contributed by atoms with E-state index < -0.39 is 0 Å². The van der Waals surface area contributed by atoms with Gasteiger partial charge in [-0.2, -0.15) is 0 Å². The second-order valence-electron chi connectivity index (χ2n) is 3.77. The van der Waals surface area contributed by atoms with Crippen LogP contribution < -0.4 is 11.1 Å².